The maximum atomic E-state index is 14.7. The number of anilines is 1. The number of fused-ring (bicyclic) bond motifs is 2. The van der Waals surface area contributed by atoms with Crippen molar-refractivity contribution in [3.05, 3.63) is 75.2 Å². The number of halogens is 3. The third kappa shape index (κ3) is 3.52. The van der Waals surface area contributed by atoms with E-state index in [1.54, 1.807) is 18.2 Å². The molecule has 13 heteroatoms. The molecular formula is C24H21F3N4O6. The second-order valence-electron chi connectivity index (χ2n) is 8.83. The average molecular weight is 518 g/mol. The largest absolute Gasteiger partial charge is 0.493 e. The summed E-state index contributed by atoms with van der Waals surface area (Å²) >= 11 is 0. The Kier molecular flexibility index (Phi) is 5.62. The highest BCUT2D eigenvalue weighted by molar-refractivity contribution is 6.07. The molecule has 0 saturated carbocycles. The molecule has 1 saturated heterocycles. The SMILES string of the molecule is COc1ccc([C@H]2[C@H](C(F)(F)F)N[C@@]3(C(=O)Nc4ccccc43)[C@@H]2c2onc(C)c2[N+](=O)[O-])cc1OC. The van der Waals surface area contributed by atoms with Crippen molar-refractivity contribution in [2.45, 2.75) is 36.5 Å². The third-order valence-electron chi connectivity index (χ3n) is 6.99. The van der Waals surface area contributed by atoms with E-state index in [9.17, 15) is 28.1 Å². The topological polar surface area (TPSA) is 129 Å². The number of rotatable bonds is 5. The van der Waals surface area contributed by atoms with E-state index in [1.807, 2.05) is 0 Å². The van der Waals surface area contributed by atoms with E-state index >= 15 is 0 Å². The average Bonchev–Trinajstić information content (AvgIpc) is 3.50. The Balaban J connectivity index is 1.85. The summed E-state index contributed by atoms with van der Waals surface area (Å²) in [5, 5.41) is 20.9. The first-order valence-corrected chi connectivity index (χ1v) is 11.1. The number of amides is 1. The van der Waals surface area contributed by atoms with Crippen molar-refractivity contribution in [1.82, 2.24) is 10.5 Å². The molecule has 4 atom stereocenters. The van der Waals surface area contributed by atoms with E-state index in [1.165, 1.54) is 45.4 Å². The van der Waals surface area contributed by atoms with Gasteiger partial charge in [0.15, 0.2) is 17.2 Å². The molecule has 0 bridgehead atoms. The first-order chi connectivity index (χ1) is 17.5. The Labute approximate surface area is 207 Å². The number of methoxy groups -OCH3 is 2. The molecule has 2 aliphatic heterocycles. The minimum atomic E-state index is -4.86. The number of aromatic nitrogens is 1. The van der Waals surface area contributed by atoms with Crippen LogP contribution >= 0.6 is 0 Å². The second kappa shape index (κ2) is 8.47. The maximum absolute atomic E-state index is 14.7. The number of alkyl halides is 3. The fourth-order valence-electron chi connectivity index (χ4n) is 5.52. The van der Waals surface area contributed by atoms with Crippen molar-refractivity contribution in [2.75, 3.05) is 19.5 Å². The van der Waals surface area contributed by atoms with Gasteiger partial charge >= 0.3 is 11.9 Å². The monoisotopic (exact) mass is 518 g/mol. The van der Waals surface area contributed by atoms with Crippen molar-refractivity contribution in [3.8, 4) is 11.5 Å². The minimum absolute atomic E-state index is 0.106. The summed E-state index contributed by atoms with van der Waals surface area (Å²) in [6.07, 6.45) is -4.86. The first kappa shape index (κ1) is 24.6. The van der Waals surface area contributed by atoms with Gasteiger partial charge in [-0.15, -0.1) is 0 Å². The molecule has 2 N–H and O–H groups in total. The van der Waals surface area contributed by atoms with Crippen LogP contribution in [0.3, 0.4) is 0 Å². The molecule has 3 heterocycles. The highest BCUT2D eigenvalue weighted by Crippen LogP contribution is 2.61. The summed E-state index contributed by atoms with van der Waals surface area (Å²) < 4.78 is 60.0. The van der Waals surface area contributed by atoms with Crippen molar-refractivity contribution in [3.63, 3.8) is 0 Å². The minimum Gasteiger partial charge on any atom is -0.493 e. The molecule has 1 amide bonds. The Bertz CT molecular complexity index is 1410. The van der Waals surface area contributed by atoms with Crippen LogP contribution in [0.4, 0.5) is 24.5 Å². The fourth-order valence-corrected chi connectivity index (χ4v) is 5.52. The van der Waals surface area contributed by atoms with Gasteiger partial charge in [-0.1, -0.05) is 29.4 Å². The second-order valence-corrected chi connectivity index (χ2v) is 8.83. The van der Waals surface area contributed by atoms with Gasteiger partial charge in [-0.2, -0.15) is 13.2 Å². The van der Waals surface area contributed by atoms with Crippen molar-refractivity contribution in [2.24, 2.45) is 0 Å². The van der Waals surface area contributed by atoms with Crippen molar-refractivity contribution >= 4 is 17.3 Å². The molecule has 194 valence electrons. The third-order valence-corrected chi connectivity index (χ3v) is 6.99. The number of nitro groups is 1. The number of hydrogen-bond donors (Lipinski definition) is 2. The molecule has 2 aliphatic rings. The zero-order valence-corrected chi connectivity index (χ0v) is 19.8. The summed E-state index contributed by atoms with van der Waals surface area (Å²) in [7, 11) is 2.71. The number of ether oxygens (including phenoxy) is 2. The van der Waals surface area contributed by atoms with E-state index in [-0.39, 0.29) is 34.0 Å². The van der Waals surface area contributed by atoms with Crippen LogP contribution in [0.1, 0.15) is 34.4 Å². The molecule has 10 nitrogen and oxygen atoms in total. The molecule has 1 fully saturated rings. The van der Waals surface area contributed by atoms with Crippen LogP contribution in [0.5, 0.6) is 11.5 Å². The van der Waals surface area contributed by atoms with Crippen LogP contribution in [0.15, 0.2) is 47.0 Å². The van der Waals surface area contributed by atoms with Crippen LogP contribution in [-0.2, 0) is 10.3 Å². The summed E-state index contributed by atoms with van der Waals surface area (Å²) in [5.74, 6) is -3.87. The first-order valence-electron chi connectivity index (χ1n) is 11.1. The van der Waals surface area contributed by atoms with Gasteiger partial charge in [0.2, 0.25) is 11.7 Å². The number of hydrogen-bond acceptors (Lipinski definition) is 8. The summed E-state index contributed by atoms with van der Waals surface area (Å²) in [5.41, 5.74) is -2.15. The molecule has 1 aromatic heterocycles. The lowest BCUT2D eigenvalue weighted by Gasteiger charge is -2.30. The molecule has 2 aromatic carbocycles. The summed E-state index contributed by atoms with van der Waals surface area (Å²) in [6.45, 7) is 1.31. The molecule has 0 aliphatic carbocycles. The summed E-state index contributed by atoms with van der Waals surface area (Å²) in [6, 6.07) is 8.17. The number of carbonyl (C=O) groups is 1. The number of nitrogens with zero attached hydrogens (tertiary/aromatic N) is 2. The molecule has 5 rings (SSSR count). The molecule has 1 spiro atoms. The smallest absolute Gasteiger partial charge is 0.404 e. The highest BCUT2D eigenvalue weighted by Gasteiger charge is 2.69. The summed E-state index contributed by atoms with van der Waals surface area (Å²) in [4.78, 5) is 24.8. The van der Waals surface area contributed by atoms with Crippen molar-refractivity contribution < 1.29 is 36.9 Å². The molecule has 0 unspecified atom stereocenters. The van der Waals surface area contributed by atoms with E-state index in [0.29, 0.717) is 0 Å². The lowest BCUT2D eigenvalue weighted by Crippen LogP contribution is -2.52. The Morgan fingerprint density at radius 2 is 1.84 bits per heavy atom. The Morgan fingerprint density at radius 3 is 2.49 bits per heavy atom. The van der Waals surface area contributed by atoms with Gasteiger partial charge in [-0.3, -0.25) is 20.2 Å². The van der Waals surface area contributed by atoms with Crippen LogP contribution in [0, 0.1) is 17.0 Å². The zero-order chi connectivity index (χ0) is 26.7. The van der Waals surface area contributed by atoms with E-state index in [4.69, 9.17) is 14.0 Å². The van der Waals surface area contributed by atoms with Crippen LogP contribution < -0.4 is 20.1 Å². The van der Waals surface area contributed by atoms with Crippen LogP contribution in [-0.4, -0.2) is 42.4 Å². The van der Waals surface area contributed by atoms with Gasteiger partial charge < -0.3 is 19.3 Å². The normalized spacial score (nSPS) is 24.7. The number of para-hydroxylation sites is 1. The Morgan fingerprint density at radius 1 is 1.14 bits per heavy atom. The zero-order valence-electron chi connectivity index (χ0n) is 19.8. The van der Waals surface area contributed by atoms with Gasteiger partial charge in [0.1, 0.15) is 11.6 Å². The highest BCUT2D eigenvalue weighted by atomic mass is 19.4. The van der Waals surface area contributed by atoms with Crippen LogP contribution in [0.25, 0.3) is 0 Å². The van der Waals surface area contributed by atoms with Gasteiger partial charge in [0, 0.05) is 17.2 Å². The maximum Gasteiger partial charge on any atom is 0.404 e. The Hall–Kier alpha value is -4.13. The van der Waals surface area contributed by atoms with Gasteiger partial charge in [0.25, 0.3) is 0 Å². The molecular weight excluding hydrogens is 497 g/mol. The lowest BCUT2D eigenvalue weighted by atomic mass is 9.71. The lowest BCUT2D eigenvalue weighted by molar-refractivity contribution is -0.386. The number of benzene rings is 2. The van der Waals surface area contributed by atoms with Gasteiger partial charge in [-0.05, 0) is 30.7 Å². The van der Waals surface area contributed by atoms with E-state index in [0.717, 1.165) is 0 Å². The van der Waals surface area contributed by atoms with E-state index < -0.39 is 51.9 Å². The van der Waals surface area contributed by atoms with Gasteiger partial charge in [0.05, 0.1) is 25.1 Å². The fraction of sp³-hybridized carbons (Fsp3) is 0.333. The number of carbonyl (C=O) groups excluding carboxylic acids is 1. The van der Waals surface area contributed by atoms with Crippen LogP contribution in [0.2, 0.25) is 0 Å². The quantitative estimate of drug-likeness (QED) is 0.381. The van der Waals surface area contributed by atoms with E-state index in [2.05, 4.69) is 15.8 Å². The molecule has 0 radical (unpaired) electrons. The number of aryl methyl sites for hydroxylation is 1. The number of nitrogens with one attached hydrogen (secondary N) is 2. The standard InChI is InChI=1S/C24H21F3N4O6/c1-11-19(31(33)34)20(37-30-11)18-17(12-8-9-15(35-2)16(10-12)36-3)21(24(25,26)27)29-23(18)13-6-4-5-7-14(13)28-22(23)32/h4-10,17-18,21,29H,1-3H3,(H,28,32)/t17-,18+,21-,23-/m1/s1. The van der Waals surface area contributed by atoms with Gasteiger partial charge in [-0.25, -0.2) is 0 Å². The predicted molar refractivity (Wildman–Crippen MR) is 123 cm³/mol. The predicted octanol–water partition coefficient (Wildman–Crippen LogP) is 4.16. The molecule has 37 heavy (non-hydrogen) atoms. The molecule has 3 aromatic rings. The van der Waals surface area contributed by atoms with Crippen molar-refractivity contribution in [1.29, 1.82) is 0 Å².